The largest absolute Gasteiger partial charge is 0.486 e. The lowest BCUT2D eigenvalue weighted by molar-refractivity contribution is -0.121. The van der Waals surface area contributed by atoms with Crippen LogP contribution in [0.15, 0.2) is 42.7 Å². The average molecular weight is 366 g/mol. The summed E-state index contributed by atoms with van der Waals surface area (Å²) in [6.07, 6.45) is 8.46. The SMILES string of the molecule is O=C(CC(c1ccc2c(c1)OCCO2)C1CC1)NCCCc1cccnc1. The molecular weight excluding hydrogens is 340 g/mol. The summed E-state index contributed by atoms with van der Waals surface area (Å²) in [6.45, 7) is 1.88. The number of hydrogen-bond acceptors (Lipinski definition) is 4. The molecule has 4 rings (SSSR count). The Balaban J connectivity index is 1.30. The van der Waals surface area contributed by atoms with E-state index < -0.39 is 0 Å². The third-order valence-corrected chi connectivity index (χ3v) is 5.28. The van der Waals surface area contributed by atoms with Gasteiger partial charge in [0.15, 0.2) is 11.5 Å². The van der Waals surface area contributed by atoms with E-state index >= 15 is 0 Å². The smallest absolute Gasteiger partial charge is 0.220 e. The predicted molar refractivity (Wildman–Crippen MR) is 103 cm³/mol. The first-order valence-electron chi connectivity index (χ1n) is 9.85. The second-order valence-electron chi connectivity index (χ2n) is 7.37. The van der Waals surface area contributed by atoms with Crippen molar-refractivity contribution in [3.05, 3.63) is 53.9 Å². The normalized spacial score (nSPS) is 16.6. The molecule has 5 nitrogen and oxygen atoms in total. The quantitative estimate of drug-likeness (QED) is 0.727. The molecular formula is C22H26N2O3. The minimum atomic E-state index is 0.132. The molecule has 1 fully saturated rings. The van der Waals surface area contributed by atoms with Gasteiger partial charge in [0, 0.05) is 25.4 Å². The van der Waals surface area contributed by atoms with Crippen molar-refractivity contribution >= 4 is 5.91 Å². The molecule has 1 unspecified atom stereocenters. The molecule has 1 amide bonds. The number of aryl methyl sites for hydroxylation is 1. The molecule has 27 heavy (non-hydrogen) atoms. The summed E-state index contributed by atoms with van der Waals surface area (Å²) in [4.78, 5) is 16.6. The number of rotatable bonds is 8. The van der Waals surface area contributed by atoms with E-state index in [1.54, 1.807) is 6.20 Å². The van der Waals surface area contributed by atoms with Crippen molar-refractivity contribution in [1.29, 1.82) is 0 Å². The topological polar surface area (TPSA) is 60.5 Å². The highest BCUT2D eigenvalue weighted by molar-refractivity contribution is 5.77. The van der Waals surface area contributed by atoms with Crippen LogP contribution in [0.5, 0.6) is 11.5 Å². The van der Waals surface area contributed by atoms with Gasteiger partial charge in [0.2, 0.25) is 5.91 Å². The number of carbonyl (C=O) groups is 1. The summed E-state index contributed by atoms with van der Waals surface area (Å²) in [7, 11) is 0. The van der Waals surface area contributed by atoms with Gasteiger partial charge in [0.05, 0.1) is 0 Å². The predicted octanol–water partition coefficient (Wildman–Crippen LogP) is 3.49. The van der Waals surface area contributed by atoms with E-state index in [-0.39, 0.29) is 11.8 Å². The summed E-state index contributed by atoms with van der Waals surface area (Å²) in [5, 5.41) is 3.08. The lowest BCUT2D eigenvalue weighted by Crippen LogP contribution is -2.27. The van der Waals surface area contributed by atoms with Crippen LogP contribution in [0, 0.1) is 5.92 Å². The first-order valence-corrected chi connectivity index (χ1v) is 9.85. The second-order valence-corrected chi connectivity index (χ2v) is 7.37. The van der Waals surface area contributed by atoms with Crippen LogP contribution in [0.4, 0.5) is 0 Å². The van der Waals surface area contributed by atoms with E-state index in [4.69, 9.17) is 9.47 Å². The third-order valence-electron chi connectivity index (χ3n) is 5.28. The summed E-state index contributed by atoms with van der Waals surface area (Å²) in [5.41, 5.74) is 2.39. The summed E-state index contributed by atoms with van der Waals surface area (Å²) in [6, 6.07) is 10.1. The van der Waals surface area contributed by atoms with Crippen LogP contribution in [-0.4, -0.2) is 30.6 Å². The number of ether oxygens (including phenoxy) is 2. The van der Waals surface area contributed by atoms with E-state index in [2.05, 4.69) is 28.5 Å². The Kier molecular flexibility index (Phi) is 5.56. The Morgan fingerprint density at radius 2 is 2.04 bits per heavy atom. The number of pyridine rings is 1. The molecule has 2 aliphatic rings. The minimum Gasteiger partial charge on any atom is -0.486 e. The molecule has 2 aromatic rings. The van der Waals surface area contributed by atoms with Crippen molar-refractivity contribution in [1.82, 2.24) is 10.3 Å². The number of hydrogen-bond donors (Lipinski definition) is 1. The molecule has 0 bridgehead atoms. The monoisotopic (exact) mass is 366 g/mol. The van der Waals surface area contributed by atoms with Gasteiger partial charge in [0.1, 0.15) is 13.2 Å². The summed E-state index contributed by atoms with van der Waals surface area (Å²) < 4.78 is 11.3. The van der Waals surface area contributed by atoms with Gasteiger partial charge < -0.3 is 14.8 Å². The van der Waals surface area contributed by atoms with Crippen LogP contribution in [0.2, 0.25) is 0 Å². The Bertz CT molecular complexity index is 774. The lowest BCUT2D eigenvalue weighted by atomic mass is 9.90. The highest BCUT2D eigenvalue weighted by atomic mass is 16.6. The van der Waals surface area contributed by atoms with Crippen molar-refractivity contribution in [2.45, 2.75) is 38.0 Å². The molecule has 2 heterocycles. The number of amides is 1. The van der Waals surface area contributed by atoms with Gasteiger partial charge in [0.25, 0.3) is 0 Å². The fraction of sp³-hybridized carbons (Fsp3) is 0.455. The van der Waals surface area contributed by atoms with Crippen LogP contribution < -0.4 is 14.8 Å². The molecule has 0 spiro atoms. The zero-order valence-corrected chi connectivity index (χ0v) is 15.5. The number of fused-ring (bicyclic) bond motifs is 1. The summed E-state index contributed by atoms with van der Waals surface area (Å²) in [5.74, 6) is 2.61. The molecule has 1 aliphatic heterocycles. The van der Waals surface area contributed by atoms with Gasteiger partial charge in [-0.25, -0.2) is 0 Å². The number of carbonyl (C=O) groups excluding carboxylic acids is 1. The lowest BCUT2D eigenvalue weighted by Gasteiger charge is -2.22. The maximum atomic E-state index is 12.5. The van der Waals surface area contributed by atoms with Crippen molar-refractivity contribution in [3.63, 3.8) is 0 Å². The van der Waals surface area contributed by atoms with Gasteiger partial charge in [-0.3, -0.25) is 9.78 Å². The molecule has 1 aromatic carbocycles. The van der Waals surface area contributed by atoms with Crippen molar-refractivity contribution < 1.29 is 14.3 Å². The maximum absolute atomic E-state index is 12.5. The fourth-order valence-electron chi connectivity index (χ4n) is 3.68. The first-order chi connectivity index (χ1) is 13.3. The molecule has 5 heteroatoms. The molecule has 0 radical (unpaired) electrons. The Morgan fingerprint density at radius 3 is 2.81 bits per heavy atom. The second kappa shape index (κ2) is 8.42. The van der Waals surface area contributed by atoms with Gasteiger partial charge in [-0.2, -0.15) is 0 Å². The first kappa shape index (κ1) is 17.8. The molecule has 1 aliphatic carbocycles. The van der Waals surface area contributed by atoms with E-state index in [1.165, 1.54) is 24.0 Å². The third kappa shape index (κ3) is 4.79. The van der Waals surface area contributed by atoms with Crippen LogP contribution in [-0.2, 0) is 11.2 Å². The van der Waals surface area contributed by atoms with Gasteiger partial charge in [-0.15, -0.1) is 0 Å². The van der Waals surface area contributed by atoms with E-state index in [0.717, 1.165) is 24.3 Å². The molecule has 0 saturated heterocycles. The zero-order valence-electron chi connectivity index (χ0n) is 15.5. The van der Waals surface area contributed by atoms with Gasteiger partial charge in [-0.1, -0.05) is 12.1 Å². The highest BCUT2D eigenvalue weighted by Crippen LogP contribution is 2.46. The number of nitrogens with zero attached hydrogens (tertiary/aromatic N) is 1. The minimum absolute atomic E-state index is 0.132. The number of nitrogens with one attached hydrogen (secondary N) is 1. The molecule has 1 atom stereocenters. The van der Waals surface area contributed by atoms with Crippen molar-refractivity contribution in [2.75, 3.05) is 19.8 Å². The van der Waals surface area contributed by atoms with E-state index in [1.807, 2.05) is 18.3 Å². The van der Waals surface area contributed by atoms with Crippen LogP contribution in [0.1, 0.15) is 42.7 Å². The average Bonchev–Trinajstić information content (AvgIpc) is 3.55. The van der Waals surface area contributed by atoms with E-state index in [9.17, 15) is 4.79 Å². The van der Waals surface area contributed by atoms with Crippen molar-refractivity contribution in [2.24, 2.45) is 5.92 Å². The Hall–Kier alpha value is -2.56. The van der Waals surface area contributed by atoms with E-state index in [0.29, 0.717) is 32.1 Å². The number of benzene rings is 1. The standard InChI is InChI=1S/C22H26N2O3/c25-22(24-10-2-4-16-3-1-9-23-15-16)14-19(17-5-6-17)18-7-8-20-21(13-18)27-12-11-26-20/h1,3,7-9,13,15,17,19H,2,4-6,10-12,14H2,(H,24,25). The number of aromatic nitrogens is 1. The Morgan fingerprint density at radius 1 is 1.19 bits per heavy atom. The van der Waals surface area contributed by atoms with Gasteiger partial charge in [-0.05, 0) is 66.8 Å². The van der Waals surface area contributed by atoms with Crippen molar-refractivity contribution in [3.8, 4) is 11.5 Å². The van der Waals surface area contributed by atoms with Gasteiger partial charge >= 0.3 is 0 Å². The van der Waals surface area contributed by atoms with Crippen LogP contribution in [0.25, 0.3) is 0 Å². The van der Waals surface area contributed by atoms with Crippen LogP contribution >= 0.6 is 0 Å². The maximum Gasteiger partial charge on any atom is 0.220 e. The highest BCUT2D eigenvalue weighted by Gasteiger charge is 2.34. The fourth-order valence-corrected chi connectivity index (χ4v) is 3.68. The zero-order chi connectivity index (χ0) is 18.5. The molecule has 1 saturated carbocycles. The summed E-state index contributed by atoms with van der Waals surface area (Å²) >= 11 is 0. The van der Waals surface area contributed by atoms with Crippen LogP contribution in [0.3, 0.4) is 0 Å². The molecule has 1 N–H and O–H groups in total. The molecule has 1 aromatic heterocycles. The molecule has 142 valence electrons. The Labute approximate surface area is 160 Å².